The van der Waals surface area contributed by atoms with Gasteiger partial charge in [0.15, 0.2) is 0 Å². The molecule has 0 radical (unpaired) electrons. The van der Waals surface area contributed by atoms with Gasteiger partial charge in [0.2, 0.25) is 0 Å². The van der Waals surface area contributed by atoms with E-state index in [1.165, 1.54) is 93.9 Å². The lowest BCUT2D eigenvalue weighted by atomic mass is 10.00. The molecule has 244 valence electrons. The summed E-state index contributed by atoms with van der Waals surface area (Å²) in [5.41, 5.74) is 8.38. The lowest BCUT2D eigenvalue weighted by Gasteiger charge is -2.39. The van der Waals surface area contributed by atoms with E-state index in [2.05, 4.69) is 82.0 Å². The number of nitrogens with zero attached hydrogens (tertiary/aromatic N) is 3. The van der Waals surface area contributed by atoms with Crippen LogP contribution < -0.4 is 10.5 Å². The number of H-pyrrole nitrogens is 1. The van der Waals surface area contributed by atoms with E-state index < -0.39 is 0 Å². The maximum atomic E-state index is 7.00. The van der Waals surface area contributed by atoms with Gasteiger partial charge >= 0.3 is 0 Å². The van der Waals surface area contributed by atoms with Crippen molar-refractivity contribution in [3.8, 4) is 5.75 Å². The van der Waals surface area contributed by atoms with Crippen molar-refractivity contribution in [1.82, 2.24) is 19.7 Å². The van der Waals surface area contributed by atoms with Gasteiger partial charge in [-0.15, -0.1) is 0 Å². The van der Waals surface area contributed by atoms with E-state index in [0.29, 0.717) is 0 Å². The number of aliphatic hydroxyl groups is 1. The Bertz CT molecular complexity index is 1060. The molecular formula is C36H63N5O2. The van der Waals surface area contributed by atoms with Crippen molar-refractivity contribution < 1.29 is 9.84 Å². The number of aliphatic hydroxyl groups excluding tert-OH is 1. The number of piperidine rings is 2. The summed E-state index contributed by atoms with van der Waals surface area (Å²) in [5.74, 6) is 0.968. The van der Waals surface area contributed by atoms with Gasteiger partial charge in [-0.05, 0) is 110 Å². The van der Waals surface area contributed by atoms with Gasteiger partial charge in [0.25, 0.3) is 0 Å². The topological polar surface area (TPSA) is 81.0 Å². The number of nitrogens with two attached hydrogens (primary N) is 1. The van der Waals surface area contributed by atoms with Gasteiger partial charge in [0.1, 0.15) is 5.75 Å². The molecule has 2 saturated heterocycles. The Kier molecular flexibility index (Phi) is 21.5. The Hall–Kier alpha value is -2.42. The van der Waals surface area contributed by atoms with Gasteiger partial charge in [0, 0.05) is 42.4 Å². The SMILES string of the molecule is CC.CCN1CCC(N2CCCCC2)CC1.CN.CO.COc1ccccc1CN(C)CCCc1c[nH]c2ccccc12. The lowest BCUT2D eigenvalue weighted by Crippen LogP contribution is -2.46. The number of hydrogen-bond acceptors (Lipinski definition) is 6. The molecule has 0 amide bonds. The Balaban J connectivity index is 0.000000396. The molecule has 2 aliphatic rings. The summed E-state index contributed by atoms with van der Waals surface area (Å²) in [4.78, 5) is 11.0. The van der Waals surface area contributed by atoms with Gasteiger partial charge < -0.3 is 35.3 Å². The summed E-state index contributed by atoms with van der Waals surface area (Å²) in [6.07, 6.45) is 11.5. The number of aromatic nitrogens is 1. The molecule has 7 heteroatoms. The number of rotatable bonds is 9. The van der Waals surface area contributed by atoms with Crippen LogP contribution in [0.2, 0.25) is 0 Å². The highest BCUT2D eigenvalue weighted by atomic mass is 16.5. The predicted octanol–water partition coefficient (Wildman–Crippen LogP) is 6.41. The molecule has 0 bridgehead atoms. The normalized spacial score (nSPS) is 15.6. The molecule has 0 atom stereocenters. The van der Waals surface area contributed by atoms with Crippen LogP contribution in [0.1, 0.15) is 70.4 Å². The van der Waals surface area contributed by atoms with E-state index in [-0.39, 0.29) is 0 Å². The van der Waals surface area contributed by atoms with E-state index in [4.69, 9.17) is 9.84 Å². The van der Waals surface area contributed by atoms with Crippen molar-refractivity contribution in [2.45, 2.75) is 78.3 Å². The first-order valence-corrected chi connectivity index (χ1v) is 16.5. The van der Waals surface area contributed by atoms with E-state index in [9.17, 15) is 0 Å². The predicted molar refractivity (Wildman–Crippen MR) is 186 cm³/mol. The summed E-state index contributed by atoms with van der Waals surface area (Å²) in [5, 5.41) is 8.35. The molecule has 1 aromatic heterocycles. The van der Waals surface area contributed by atoms with Crippen LogP contribution >= 0.6 is 0 Å². The van der Waals surface area contributed by atoms with E-state index in [1.54, 1.807) is 7.11 Å². The zero-order valence-corrected chi connectivity index (χ0v) is 28.4. The minimum absolute atomic E-state index is 0.915. The fourth-order valence-corrected chi connectivity index (χ4v) is 5.97. The monoisotopic (exact) mass is 597 g/mol. The van der Waals surface area contributed by atoms with E-state index in [1.807, 2.05) is 26.0 Å². The smallest absolute Gasteiger partial charge is 0.123 e. The highest BCUT2D eigenvalue weighted by Crippen LogP contribution is 2.22. The standard InChI is InChI=1S/C20H24N2O.C12H24N2.C2H6.CH5N.CH4O/c1-22(15-17-8-3-6-12-20(17)23-2)13-7-9-16-14-21-19-11-5-4-10-18(16)19;1-2-13-10-6-12(7-11-13)14-8-4-3-5-9-14;3*1-2/h3-6,8,10-12,14,21H,7,9,13,15H2,1-2H3;12H,2-11H2,1H3;1-2H3;2H2,1H3;2H,1H3. The van der Waals surface area contributed by atoms with Gasteiger partial charge in [0.05, 0.1) is 7.11 Å². The minimum Gasteiger partial charge on any atom is -0.496 e. The fourth-order valence-electron chi connectivity index (χ4n) is 5.97. The van der Waals surface area contributed by atoms with Crippen molar-refractivity contribution >= 4 is 10.9 Å². The molecule has 3 aromatic rings. The second-order valence-corrected chi connectivity index (χ2v) is 10.8. The highest BCUT2D eigenvalue weighted by Gasteiger charge is 2.24. The quantitative estimate of drug-likeness (QED) is 0.265. The van der Waals surface area contributed by atoms with Crippen molar-refractivity contribution in [2.24, 2.45) is 5.73 Å². The van der Waals surface area contributed by atoms with Gasteiger partial charge in [-0.1, -0.05) is 63.6 Å². The fraction of sp³-hybridized carbons (Fsp3) is 0.611. The van der Waals surface area contributed by atoms with Crippen LogP contribution in [0.5, 0.6) is 5.75 Å². The van der Waals surface area contributed by atoms with E-state index in [0.717, 1.165) is 44.8 Å². The van der Waals surface area contributed by atoms with Gasteiger partial charge in [-0.25, -0.2) is 0 Å². The summed E-state index contributed by atoms with van der Waals surface area (Å²) < 4.78 is 5.43. The van der Waals surface area contributed by atoms with Crippen LogP contribution in [0.3, 0.4) is 0 Å². The Morgan fingerprint density at radius 1 is 0.907 bits per heavy atom. The summed E-state index contributed by atoms with van der Waals surface area (Å²) in [6.45, 7) is 14.9. The van der Waals surface area contributed by atoms with Crippen LogP contribution in [0.15, 0.2) is 54.7 Å². The molecule has 7 nitrogen and oxygen atoms in total. The number of aryl methyl sites for hydroxylation is 1. The molecule has 0 unspecified atom stereocenters. The van der Waals surface area contributed by atoms with Crippen molar-refractivity contribution in [2.75, 3.05) is 67.6 Å². The Labute approximate surface area is 263 Å². The number of benzene rings is 2. The second-order valence-electron chi connectivity index (χ2n) is 10.8. The second kappa shape index (κ2) is 24.0. The highest BCUT2D eigenvalue weighted by molar-refractivity contribution is 5.82. The molecule has 2 aromatic carbocycles. The first-order valence-electron chi connectivity index (χ1n) is 16.5. The average molecular weight is 598 g/mol. The number of aromatic amines is 1. The number of para-hydroxylation sites is 2. The molecule has 0 spiro atoms. The molecule has 2 fully saturated rings. The molecule has 3 heterocycles. The van der Waals surface area contributed by atoms with Crippen molar-refractivity contribution in [3.63, 3.8) is 0 Å². The third-order valence-corrected chi connectivity index (χ3v) is 8.21. The molecule has 4 N–H and O–H groups in total. The molecule has 43 heavy (non-hydrogen) atoms. The number of methoxy groups -OCH3 is 1. The summed E-state index contributed by atoms with van der Waals surface area (Å²) in [6, 6.07) is 17.7. The number of nitrogens with one attached hydrogen (secondary N) is 1. The van der Waals surface area contributed by atoms with Crippen LogP contribution in [0.25, 0.3) is 10.9 Å². The molecular weight excluding hydrogens is 534 g/mol. The number of likely N-dealkylation sites (tertiary alicyclic amines) is 2. The molecule has 5 rings (SSSR count). The van der Waals surface area contributed by atoms with Gasteiger partial charge in [-0.2, -0.15) is 0 Å². The minimum atomic E-state index is 0.915. The average Bonchev–Trinajstić information content (AvgIpc) is 3.51. The molecule has 2 aliphatic heterocycles. The summed E-state index contributed by atoms with van der Waals surface area (Å²) in [7, 11) is 6.40. The van der Waals surface area contributed by atoms with Crippen LogP contribution in [0, 0.1) is 0 Å². The van der Waals surface area contributed by atoms with Crippen molar-refractivity contribution in [3.05, 3.63) is 65.9 Å². The third-order valence-electron chi connectivity index (χ3n) is 8.21. The van der Waals surface area contributed by atoms with E-state index >= 15 is 0 Å². The molecule has 0 aliphatic carbocycles. The lowest BCUT2D eigenvalue weighted by molar-refractivity contribution is 0.0949. The first kappa shape index (κ1) is 38.6. The Morgan fingerprint density at radius 2 is 1.53 bits per heavy atom. The number of hydrogen-bond donors (Lipinski definition) is 3. The number of fused-ring (bicyclic) bond motifs is 1. The third kappa shape index (κ3) is 13.4. The van der Waals surface area contributed by atoms with Crippen LogP contribution in [-0.2, 0) is 13.0 Å². The van der Waals surface area contributed by atoms with Crippen LogP contribution in [-0.4, -0.2) is 98.4 Å². The number of ether oxygens (including phenoxy) is 1. The Morgan fingerprint density at radius 3 is 2.19 bits per heavy atom. The first-order chi connectivity index (χ1) is 21.2. The maximum Gasteiger partial charge on any atom is 0.123 e. The summed E-state index contributed by atoms with van der Waals surface area (Å²) >= 11 is 0. The maximum absolute atomic E-state index is 7.00. The van der Waals surface area contributed by atoms with Crippen molar-refractivity contribution in [1.29, 1.82) is 0 Å². The van der Waals surface area contributed by atoms with Gasteiger partial charge in [-0.3, -0.25) is 0 Å². The molecule has 0 saturated carbocycles. The zero-order valence-electron chi connectivity index (χ0n) is 28.4. The van der Waals surface area contributed by atoms with Crippen LogP contribution in [0.4, 0.5) is 0 Å². The largest absolute Gasteiger partial charge is 0.496 e. The zero-order chi connectivity index (χ0) is 31.9.